The van der Waals surface area contributed by atoms with E-state index in [0.29, 0.717) is 18.8 Å². The molecule has 3 atom stereocenters. The maximum atomic E-state index is 12.7. The minimum Gasteiger partial charge on any atom is -0.274 e. The van der Waals surface area contributed by atoms with E-state index in [0.717, 1.165) is 17.1 Å². The Morgan fingerprint density at radius 2 is 2.16 bits per heavy atom. The molecule has 2 saturated carbocycles. The van der Waals surface area contributed by atoms with E-state index in [1.807, 2.05) is 13.8 Å². The van der Waals surface area contributed by atoms with Gasteiger partial charge in [-0.05, 0) is 30.6 Å². The Balaban J connectivity index is 1.95. The number of carbonyl (C=O) groups excluding carboxylic acids is 1. The summed E-state index contributed by atoms with van der Waals surface area (Å²) in [5.41, 5.74) is -0.209. The van der Waals surface area contributed by atoms with Crippen molar-refractivity contribution in [2.24, 2.45) is 11.3 Å². The number of carbonyl (C=O) groups is 1. The van der Waals surface area contributed by atoms with E-state index in [1.54, 1.807) is 0 Å². The van der Waals surface area contributed by atoms with E-state index in [4.69, 9.17) is 6.42 Å². The van der Waals surface area contributed by atoms with E-state index in [2.05, 4.69) is 5.92 Å². The van der Waals surface area contributed by atoms with Gasteiger partial charge in [0, 0.05) is 12.8 Å². The molecule has 0 aromatic rings. The van der Waals surface area contributed by atoms with Crippen molar-refractivity contribution in [2.45, 2.75) is 56.7 Å². The maximum Gasteiger partial charge on any atom is 0.246 e. The van der Waals surface area contributed by atoms with Crippen LogP contribution in [0.5, 0.6) is 0 Å². The maximum absolute atomic E-state index is 12.7. The minimum absolute atomic E-state index is 0.114. The Labute approximate surface area is 114 Å². The van der Waals surface area contributed by atoms with Gasteiger partial charge in [-0.25, -0.2) is 12.7 Å². The average Bonchev–Trinajstić information content (AvgIpc) is 2.71. The molecule has 1 aliphatic heterocycles. The normalized spacial score (nSPS) is 40.4. The third-order valence-corrected chi connectivity index (χ3v) is 8.65. The predicted molar refractivity (Wildman–Crippen MR) is 71.5 cm³/mol. The third kappa shape index (κ3) is 1.17. The van der Waals surface area contributed by atoms with Gasteiger partial charge in [0.25, 0.3) is 0 Å². The number of hydrogen-bond donors (Lipinski definition) is 0. The fourth-order valence-corrected chi connectivity index (χ4v) is 7.60. The molecule has 1 saturated heterocycles. The van der Waals surface area contributed by atoms with Crippen LogP contribution in [-0.2, 0) is 14.8 Å². The van der Waals surface area contributed by atoms with Gasteiger partial charge < -0.3 is 0 Å². The Hall–Kier alpha value is -1.02. The summed E-state index contributed by atoms with van der Waals surface area (Å²) in [5, 5.41) is 0. The zero-order chi connectivity index (χ0) is 14.1. The Morgan fingerprint density at radius 1 is 1.47 bits per heavy atom. The standard InChI is InChI=1S/C14H19NO3S/c1-4-5-6-12(16)15-11-9-10-7-8-14(11,13(10,2)3)19(15,17)18/h1,10-11H,5-9H2,2-3H3. The van der Waals surface area contributed by atoms with E-state index >= 15 is 0 Å². The van der Waals surface area contributed by atoms with Crippen molar-refractivity contribution < 1.29 is 13.2 Å². The second kappa shape index (κ2) is 3.54. The molecule has 1 heterocycles. The highest BCUT2D eigenvalue weighted by atomic mass is 32.2. The molecule has 4 nitrogen and oxygen atoms in total. The molecule has 2 bridgehead atoms. The molecule has 3 fully saturated rings. The first-order valence-corrected chi connectivity index (χ1v) is 8.25. The van der Waals surface area contributed by atoms with E-state index in [-0.39, 0.29) is 23.8 Å². The molecular weight excluding hydrogens is 262 g/mol. The quantitative estimate of drug-likeness (QED) is 0.721. The van der Waals surface area contributed by atoms with Crippen LogP contribution in [0.1, 0.15) is 46.0 Å². The van der Waals surface area contributed by atoms with Gasteiger partial charge in [0.05, 0.1) is 6.04 Å². The summed E-state index contributed by atoms with van der Waals surface area (Å²) in [6.45, 7) is 4.09. The number of terminal acetylenes is 1. The highest BCUT2D eigenvalue weighted by Gasteiger charge is 2.81. The van der Waals surface area contributed by atoms with E-state index in [9.17, 15) is 13.2 Å². The lowest BCUT2D eigenvalue weighted by atomic mass is 9.80. The molecule has 5 heteroatoms. The smallest absolute Gasteiger partial charge is 0.246 e. The average molecular weight is 281 g/mol. The Bertz CT molecular complexity index is 586. The first-order chi connectivity index (χ1) is 8.80. The molecule has 1 spiro atoms. The van der Waals surface area contributed by atoms with Crippen LogP contribution in [-0.4, -0.2) is 29.4 Å². The van der Waals surface area contributed by atoms with Crippen molar-refractivity contribution in [1.82, 2.24) is 4.31 Å². The lowest BCUT2D eigenvalue weighted by Gasteiger charge is -2.56. The Morgan fingerprint density at radius 3 is 2.74 bits per heavy atom. The van der Waals surface area contributed by atoms with Crippen LogP contribution in [0.2, 0.25) is 0 Å². The predicted octanol–water partition coefficient (Wildman–Crippen LogP) is 1.52. The largest absolute Gasteiger partial charge is 0.274 e. The monoisotopic (exact) mass is 281 g/mol. The minimum atomic E-state index is -3.49. The summed E-state index contributed by atoms with van der Waals surface area (Å²) in [7, 11) is -3.49. The number of rotatable bonds is 2. The van der Waals surface area contributed by atoms with Gasteiger partial charge in [0.2, 0.25) is 15.9 Å². The summed E-state index contributed by atoms with van der Waals surface area (Å²) in [6.07, 6.45) is 8.08. The van der Waals surface area contributed by atoms with Crippen molar-refractivity contribution in [3.63, 3.8) is 0 Å². The van der Waals surface area contributed by atoms with Crippen LogP contribution < -0.4 is 0 Å². The lowest BCUT2D eigenvalue weighted by Crippen LogP contribution is -2.74. The summed E-state index contributed by atoms with van der Waals surface area (Å²) in [5.74, 6) is 2.49. The molecule has 0 aromatic heterocycles. The molecule has 3 unspecified atom stereocenters. The van der Waals surface area contributed by atoms with Crippen LogP contribution in [0.15, 0.2) is 0 Å². The summed E-state index contributed by atoms with van der Waals surface area (Å²) < 4.78 is 25.8. The highest BCUT2D eigenvalue weighted by molar-refractivity contribution is 7.92. The first-order valence-electron chi connectivity index (χ1n) is 6.81. The zero-order valence-corrected chi connectivity index (χ0v) is 12.2. The van der Waals surface area contributed by atoms with Gasteiger partial charge in [0.15, 0.2) is 0 Å². The SMILES string of the molecule is C#CCCC(=O)N1C2CC3CCC2(C3(C)C)S1(=O)=O. The van der Waals surface area contributed by atoms with E-state index < -0.39 is 14.8 Å². The second-order valence-corrected chi connectivity index (χ2v) is 8.57. The molecule has 104 valence electrons. The van der Waals surface area contributed by atoms with Crippen molar-refractivity contribution >= 4 is 15.9 Å². The van der Waals surface area contributed by atoms with Crippen LogP contribution in [0.25, 0.3) is 0 Å². The molecule has 0 aromatic carbocycles. The molecule has 3 rings (SSSR count). The van der Waals surface area contributed by atoms with Crippen molar-refractivity contribution in [3.8, 4) is 12.3 Å². The molecule has 3 aliphatic rings. The molecule has 1 amide bonds. The van der Waals surface area contributed by atoms with Crippen LogP contribution in [0, 0.1) is 23.7 Å². The van der Waals surface area contributed by atoms with Crippen molar-refractivity contribution in [2.75, 3.05) is 0 Å². The fraction of sp³-hybridized carbons (Fsp3) is 0.786. The molecule has 2 aliphatic carbocycles. The number of sulfonamides is 1. The molecule has 0 N–H and O–H groups in total. The summed E-state index contributed by atoms with van der Waals surface area (Å²) >= 11 is 0. The van der Waals surface area contributed by atoms with Crippen molar-refractivity contribution in [1.29, 1.82) is 0 Å². The van der Waals surface area contributed by atoms with Gasteiger partial charge in [-0.1, -0.05) is 13.8 Å². The number of hydrogen-bond acceptors (Lipinski definition) is 3. The topological polar surface area (TPSA) is 54.5 Å². The fourth-order valence-electron chi connectivity index (χ4n) is 4.70. The number of fused-ring (bicyclic) bond motifs is 1. The number of nitrogens with zero attached hydrogens (tertiary/aromatic N) is 1. The highest BCUT2D eigenvalue weighted by Crippen LogP contribution is 2.70. The first kappa shape index (κ1) is 13.0. The summed E-state index contributed by atoms with van der Waals surface area (Å²) in [4.78, 5) is 12.1. The van der Waals surface area contributed by atoms with Crippen LogP contribution in [0.3, 0.4) is 0 Å². The number of amides is 1. The third-order valence-electron chi connectivity index (χ3n) is 5.75. The molecule has 0 radical (unpaired) electrons. The summed E-state index contributed by atoms with van der Waals surface area (Å²) in [6, 6.07) is -0.114. The van der Waals surface area contributed by atoms with Gasteiger partial charge in [-0.3, -0.25) is 4.79 Å². The lowest BCUT2D eigenvalue weighted by molar-refractivity contribution is -0.130. The molecular formula is C14H19NO3S. The van der Waals surface area contributed by atoms with Gasteiger partial charge >= 0.3 is 0 Å². The second-order valence-electron chi connectivity index (χ2n) is 6.50. The zero-order valence-electron chi connectivity index (χ0n) is 11.3. The van der Waals surface area contributed by atoms with Gasteiger partial charge in [-0.15, -0.1) is 12.3 Å². The Kier molecular flexibility index (Phi) is 2.42. The van der Waals surface area contributed by atoms with Crippen LogP contribution >= 0.6 is 0 Å². The van der Waals surface area contributed by atoms with Crippen LogP contribution in [0.4, 0.5) is 0 Å². The van der Waals surface area contributed by atoms with Gasteiger partial charge in [-0.2, -0.15) is 0 Å². The van der Waals surface area contributed by atoms with E-state index in [1.165, 1.54) is 0 Å². The molecule has 19 heavy (non-hydrogen) atoms. The van der Waals surface area contributed by atoms with Crippen molar-refractivity contribution in [3.05, 3.63) is 0 Å². The van der Waals surface area contributed by atoms with Gasteiger partial charge in [0.1, 0.15) is 4.75 Å².